The molecule has 2 amide bonds. The highest BCUT2D eigenvalue weighted by Gasteiger charge is 2.17. The maximum atomic E-state index is 11.9. The van der Waals surface area contributed by atoms with Gasteiger partial charge in [0.1, 0.15) is 0 Å². The topological polar surface area (TPSA) is 61.4 Å². The maximum Gasteiger partial charge on any atom is 0.261 e. The maximum absolute atomic E-state index is 11.9. The first-order valence-corrected chi connectivity index (χ1v) is 7.37. The van der Waals surface area contributed by atoms with Crippen molar-refractivity contribution in [3.63, 3.8) is 0 Å². The van der Waals surface area contributed by atoms with Crippen LogP contribution < -0.4 is 10.6 Å². The van der Waals surface area contributed by atoms with E-state index in [1.165, 1.54) is 16.2 Å². The number of nitrogens with one attached hydrogen (secondary N) is 2. The minimum Gasteiger partial charge on any atom is -0.342 e. The fourth-order valence-corrected chi connectivity index (χ4v) is 2.82. The summed E-state index contributed by atoms with van der Waals surface area (Å²) in [7, 11) is 0. The SMILES string of the molecule is CCc1ccc(C(=O)NCC(=O)N2CCNCC2)s1. The Balaban J connectivity index is 1.80. The third kappa shape index (κ3) is 3.78. The Morgan fingerprint density at radius 3 is 2.74 bits per heavy atom. The van der Waals surface area contributed by atoms with Crippen LogP contribution in [-0.4, -0.2) is 49.4 Å². The van der Waals surface area contributed by atoms with Gasteiger partial charge in [-0.25, -0.2) is 0 Å². The molecule has 1 fully saturated rings. The van der Waals surface area contributed by atoms with E-state index in [4.69, 9.17) is 0 Å². The molecule has 0 spiro atoms. The molecule has 5 nitrogen and oxygen atoms in total. The first-order valence-electron chi connectivity index (χ1n) is 6.56. The summed E-state index contributed by atoms with van der Waals surface area (Å²) in [5.41, 5.74) is 0. The van der Waals surface area contributed by atoms with Crippen LogP contribution in [0.4, 0.5) is 0 Å². The van der Waals surface area contributed by atoms with Crippen molar-refractivity contribution in [2.75, 3.05) is 32.7 Å². The fourth-order valence-electron chi connectivity index (χ4n) is 1.96. The van der Waals surface area contributed by atoms with Crippen molar-refractivity contribution in [1.82, 2.24) is 15.5 Å². The molecule has 2 rings (SSSR count). The number of nitrogens with zero attached hydrogens (tertiary/aromatic N) is 1. The normalized spacial score (nSPS) is 15.3. The van der Waals surface area contributed by atoms with E-state index in [-0.39, 0.29) is 18.4 Å². The van der Waals surface area contributed by atoms with Crippen molar-refractivity contribution < 1.29 is 9.59 Å². The zero-order valence-electron chi connectivity index (χ0n) is 11.1. The van der Waals surface area contributed by atoms with Crippen LogP contribution in [0.1, 0.15) is 21.5 Å². The van der Waals surface area contributed by atoms with E-state index >= 15 is 0 Å². The van der Waals surface area contributed by atoms with E-state index in [9.17, 15) is 9.59 Å². The molecular weight excluding hydrogens is 262 g/mol. The monoisotopic (exact) mass is 281 g/mol. The number of piperazine rings is 1. The van der Waals surface area contributed by atoms with Crippen LogP contribution in [0.15, 0.2) is 12.1 Å². The lowest BCUT2D eigenvalue weighted by Crippen LogP contribution is -2.49. The van der Waals surface area contributed by atoms with Crippen LogP contribution in [0.3, 0.4) is 0 Å². The number of hydrogen-bond donors (Lipinski definition) is 2. The second kappa shape index (κ2) is 6.68. The predicted molar refractivity (Wildman–Crippen MR) is 75.5 cm³/mol. The Hall–Kier alpha value is -1.40. The number of carbonyl (C=O) groups is 2. The molecule has 0 unspecified atom stereocenters. The molecule has 0 saturated carbocycles. The van der Waals surface area contributed by atoms with Gasteiger partial charge in [0.25, 0.3) is 5.91 Å². The Morgan fingerprint density at radius 1 is 1.37 bits per heavy atom. The Kier molecular flexibility index (Phi) is 4.93. The van der Waals surface area contributed by atoms with Crippen molar-refractivity contribution in [2.24, 2.45) is 0 Å². The average Bonchev–Trinajstić information content (AvgIpc) is 2.94. The quantitative estimate of drug-likeness (QED) is 0.843. The van der Waals surface area contributed by atoms with Crippen LogP contribution in [0.5, 0.6) is 0 Å². The molecule has 0 aliphatic carbocycles. The van der Waals surface area contributed by atoms with Gasteiger partial charge in [-0.05, 0) is 18.6 Å². The molecule has 1 saturated heterocycles. The van der Waals surface area contributed by atoms with Crippen LogP contribution in [-0.2, 0) is 11.2 Å². The highest BCUT2D eigenvalue weighted by atomic mass is 32.1. The molecule has 0 bridgehead atoms. The van der Waals surface area contributed by atoms with Crippen molar-refractivity contribution in [3.8, 4) is 0 Å². The summed E-state index contributed by atoms with van der Waals surface area (Å²) in [5.74, 6) is -0.171. The minimum atomic E-state index is -0.159. The highest BCUT2D eigenvalue weighted by molar-refractivity contribution is 7.14. The van der Waals surface area contributed by atoms with Gasteiger partial charge in [0.15, 0.2) is 0 Å². The molecule has 1 aliphatic heterocycles. The van der Waals surface area contributed by atoms with Crippen LogP contribution in [0.2, 0.25) is 0 Å². The number of thiophene rings is 1. The number of hydrogen-bond acceptors (Lipinski definition) is 4. The van der Waals surface area contributed by atoms with Gasteiger partial charge >= 0.3 is 0 Å². The van der Waals surface area contributed by atoms with Crippen molar-refractivity contribution in [1.29, 1.82) is 0 Å². The lowest BCUT2D eigenvalue weighted by atomic mass is 10.3. The summed E-state index contributed by atoms with van der Waals surface area (Å²) in [6.07, 6.45) is 0.928. The van der Waals surface area contributed by atoms with Gasteiger partial charge < -0.3 is 15.5 Å². The molecule has 6 heteroatoms. The molecule has 2 N–H and O–H groups in total. The third-order valence-corrected chi connectivity index (χ3v) is 4.33. The Morgan fingerprint density at radius 2 is 2.11 bits per heavy atom. The minimum absolute atomic E-state index is 0.0119. The fraction of sp³-hybridized carbons (Fsp3) is 0.538. The van der Waals surface area contributed by atoms with Crippen LogP contribution in [0, 0.1) is 0 Å². The number of aryl methyl sites for hydroxylation is 1. The predicted octanol–water partition coefficient (Wildman–Crippen LogP) is 0.472. The highest BCUT2D eigenvalue weighted by Crippen LogP contribution is 2.16. The number of amides is 2. The lowest BCUT2D eigenvalue weighted by molar-refractivity contribution is -0.130. The lowest BCUT2D eigenvalue weighted by Gasteiger charge is -2.27. The summed E-state index contributed by atoms with van der Waals surface area (Å²) in [6.45, 7) is 5.22. The standard InChI is InChI=1S/C13H19N3O2S/c1-2-10-3-4-11(19-10)13(18)15-9-12(17)16-7-5-14-6-8-16/h3-4,14H,2,5-9H2,1H3,(H,15,18). The molecule has 0 aromatic carbocycles. The Bertz CT molecular complexity index is 452. The molecule has 1 aromatic rings. The summed E-state index contributed by atoms with van der Waals surface area (Å²) >= 11 is 1.48. The van der Waals surface area contributed by atoms with Gasteiger partial charge in [0, 0.05) is 31.1 Å². The molecule has 1 aliphatic rings. The van der Waals surface area contributed by atoms with Gasteiger partial charge in [-0.2, -0.15) is 0 Å². The smallest absolute Gasteiger partial charge is 0.261 e. The summed E-state index contributed by atoms with van der Waals surface area (Å²) in [5, 5.41) is 5.88. The Labute approximate surface area is 117 Å². The van der Waals surface area contributed by atoms with E-state index in [2.05, 4.69) is 17.6 Å². The van der Waals surface area contributed by atoms with E-state index < -0.39 is 0 Å². The molecule has 2 heterocycles. The van der Waals surface area contributed by atoms with Crippen molar-refractivity contribution in [2.45, 2.75) is 13.3 Å². The van der Waals surface area contributed by atoms with Crippen LogP contribution >= 0.6 is 11.3 Å². The summed E-state index contributed by atoms with van der Waals surface area (Å²) in [4.78, 5) is 27.4. The second-order valence-corrected chi connectivity index (χ2v) is 5.60. The van der Waals surface area contributed by atoms with Crippen molar-refractivity contribution >= 4 is 23.2 Å². The molecule has 104 valence electrons. The van der Waals surface area contributed by atoms with Crippen LogP contribution in [0.25, 0.3) is 0 Å². The molecule has 0 atom stereocenters. The molecule has 0 radical (unpaired) electrons. The zero-order valence-corrected chi connectivity index (χ0v) is 11.9. The van der Waals surface area contributed by atoms with Gasteiger partial charge in [-0.1, -0.05) is 6.92 Å². The summed E-state index contributed by atoms with van der Waals surface area (Å²) in [6, 6.07) is 3.77. The largest absolute Gasteiger partial charge is 0.342 e. The van der Waals surface area contributed by atoms with E-state index in [0.717, 1.165) is 19.5 Å². The second-order valence-electron chi connectivity index (χ2n) is 4.43. The van der Waals surface area contributed by atoms with Gasteiger partial charge in [0.2, 0.25) is 5.91 Å². The zero-order chi connectivity index (χ0) is 13.7. The van der Waals surface area contributed by atoms with Crippen molar-refractivity contribution in [3.05, 3.63) is 21.9 Å². The number of carbonyl (C=O) groups excluding carboxylic acids is 2. The van der Waals surface area contributed by atoms with Gasteiger partial charge in [-0.3, -0.25) is 9.59 Å². The first-order chi connectivity index (χ1) is 9.20. The van der Waals surface area contributed by atoms with E-state index in [1.807, 2.05) is 12.1 Å². The average molecular weight is 281 g/mol. The molecular formula is C13H19N3O2S. The molecule has 1 aromatic heterocycles. The van der Waals surface area contributed by atoms with Gasteiger partial charge in [0.05, 0.1) is 11.4 Å². The van der Waals surface area contributed by atoms with Gasteiger partial charge in [-0.15, -0.1) is 11.3 Å². The third-order valence-electron chi connectivity index (χ3n) is 3.10. The number of rotatable bonds is 4. The summed E-state index contributed by atoms with van der Waals surface area (Å²) < 4.78 is 0. The molecule has 19 heavy (non-hydrogen) atoms. The first kappa shape index (κ1) is 14.0. The van der Waals surface area contributed by atoms with E-state index in [0.29, 0.717) is 18.0 Å². The van der Waals surface area contributed by atoms with E-state index in [1.54, 1.807) is 4.90 Å².